The predicted molar refractivity (Wildman–Crippen MR) is 202 cm³/mol. The van der Waals surface area contributed by atoms with Gasteiger partial charge in [-0.15, -0.1) is 0 Å². The van der Waals surface area contributed by atoms with Crippen LogP contribution in [0, 0.1) is 0 Å². The van der Waals surface area contributed by atoms with Gasteiger partial charge in [0, 0.05) is 33.4 Å². The summed E-state index contributed by atoms with van der Waals surface area (Å²) in [6.45, 7) is 0. The van der Waals surface area contributed by atoms with Crippen LogP contribution in [-0.2, 0) is 0 Å². The zero-order valence-corrected chi connectivity index (χ0v) is 27.0. The monoisotopic (exact) mass is 645 g/mol. The average molecular weight is 646 g/mol. The molecule has 1 aromatic heterocycles. The van der Waals surface area contributed by atoms with Gasteiger partial charge in [0.1, 0.15) is 35.0 Å². The summed E-state index contributed by atoms with van der Waals surface area (Å²) >= 11 is 0. The molecule has 0 bridgehead atoms. The van der Waals surface area contributed by atoms with Crippen LogP contribution in [0.5, 0.6) is 5.75 Å². The van der Waals surface area contributed by atoms with Gasteiger partial charge in [-0.1, -0.05) is 133 Å². The Morgan fingerprint density at radius 1 is 0.600 bits per heavy atom. The van der Waals surface area contributed by atoms with Gasteiger partial charge in [0.2, 0.25) is 0 Å². The molecule has 3 heterocycles. The van der Waals surface area contributed by atoms with Crippen molar-refractivity contribution >= 4 is 33.6 Å². The van der Waals surface area contributed by atoms with Crippen LogP contribution >= 0.6 is 0 Å². The second-order valence-electron chi connectivity index (χ2n) is 12.9. The van der Waals surface area contributed by atoms with Gasteiger partial charge in [0.25, 0.3) is 0 Å². The smallest absolute Gasteiger partial charge is 0.160 e. The molecular weight excluding hydrogens is 615 g/mol. The molecule has 50 heavy (non-hydrogen) atoms. The number of fused-ring (bicyclic) bond motifs is 6. The second-order valence-corrected chi connectivity index (χ2v) is 12.9. The summed E-state index contributed by atoms with van der Waals surface area (Å²) in [5, 5.41) is 5.69. The Balaban J connectivity index is 1.08. The molecule has 3 unspecified atom stereocenters. The maximum atomic E-state index is 6.43. The summed E-state index contributed by atoms with van der Waals surface area (Å²) in [5.74, 6) is 2.52. The number of ether oxygens (including phenoxy) is 1. The van der Waals surface area contributed by atoms with Crippen LogP contribution in [0.3, 0.4) is 0 Å². The predicted octanol–water partition coefficient (Wildman–Crippen LogP) is 10.1. The molecule has 238 valence electrons. The maximum absolute atomic E-state index is 6.43. The third kappa shape index (κ3) is 4.86. The standard InChI is InChI=1S/C45H31N3O2/c1-3-10-28(11-4-1)29-18-20-30(21-19-29)32-22-24-40-37(26-32)42-35(15-9-17-41(42)50-40)45-47-43(31-12-5-2-6-13-31)46-44(48-45)33-23-25-39-36(27-33)34-14-7-8-16-38(34)49-39/h1-27,36,39,44H,(H,46,47,48). The van der Waals surface area contributed by atoms with Gasteiger partial charge >= 0.3 is 0 Å². The first-order valence-corrected chi connectivity index (χ1v) is 17.0. The molecule has 0 fully saturated rings. The van der Waals surface area contributed by atoms with Crippen LogP contribution in [0.25, 0.3) is 44.2 Å². The minimum absolute atomic E-state index is 0.0137. The summed E-state index contributed by atoms with van der Waals surface area (Å²) in [6, 6.07) is 50.4. The molecule has 10 rings (SSSR count). The van der Waals surface area contributed by atoms with Crippen molar-refractivity contribution in [2.24, 2.45) is 9.98 Å². The topological polar surface area (TPSA) is 59.1 Å². The van der Waals surface area contributed by atoms with E-state index in [0.717, 1.165) is 61.4 Å². The highest BCUT2D eigenvalue weighted by molar-refractivity contribution is 6.22. The number of nitrogens with one attached hydrogen (secondary N) is 1. The first kappa shape index (κ1) is 28.5. The molecule has 5 nitrogen and oxygen atoms in total. The lowest BCUT2D eigenvalue weighted by atomic mass is 9.88. The van der Waals surface area contributed by atoms with Crippen molar-refractivity contribution in [3.05, 3.63) is 186 Å². The van der Waals surface area contributed by atoms with E-state index in [1.807, 2.05) is 48.5 Å². The zero-order valence-electron chi connectivity index (χ0n) is 27.0. The fraction of sp³-hybridized carbons (Fsp3) is 0.0667. The third-order valence-corrected chi connectivity index (χ3v) is 9.91. The molecule has 5 heteroatoms. The van der Waals surface area contributed by atoms with Crippen LogP contribution < -0.4 is 10.1 Å². The van der Waals surface area contributed by atoms with E-state index in [9.17, 15) is 0 Å². The van der Waals surface area contributed by atoms with E-state index >= 15 is 0 Å². The van der Waals surface area contributed by atoms with Crippen LogP contribution in [0.4, 0.5) is 0 Å². The highest BCUT2D eigenvalue weighted by atomic mass is 16.5. The Morgan fingerprint density at radius 2 is 1.30 bits per heavy atom. The molecule has 0 saturated carbocycles. The first-order valence-electron chi connectivity index (χ1n) is 17.0. The van der Waals surface area contributed by atoms with Gasteiger partial charge in [-0.3, -0.25) is 0 Å². The summed E-state index contributed by atoms with van der Waals surface area (Å²) in [7, 11) is 0. The van der Waals surface area contributed by atoms with Crippen molar-refractivity contribution in [2.45, 2.75) is 18.2 Å². The van der Waals surface area contributed by atoms with E-state index in [1.165, 1.54) is 16.7 Å². The number of hydrogen-bond donors (Lipinski definition) is 1. The van der Waals surface area contributed by atoms with E-state index in [1.54, 1.807) is 0 Å². The highest BCUT2D eigenvalue weighted by Crippen LogP contribution is 2.43. The van der Waals surface area contributed by atoms with Crippen LogP contribution in [0.2, 0.25) is 0 Å². The molecule has 0 amide bonds. The molecule has 6 aromatic carbocycles. The molecule has 0 saturated heterocycles. The lowest BCUT2D eigenvalue weighted by Gasteiger charge is -2.27. The molecule has 2 aliphatic heterocycles. The Morgan fingerprint density at radius 3 is 2.12 bits per heavy atom. The minimum atomic E-state index is -0.338. The number of amidine groups is 2. The van der Waals surface area contributed by atoms with E-state index in [2.05, 4.69) is 121 Å². The summed E-state index contributed by atoms with van der Waals surface area (Å²) < 4.78 is 12.7. The average Bonchev–Trinajstić information content (AvgIpc) is 3.76. The third-order valence-electron chi connectivity index (χ3n) is 9.91. The molecule has 3 atom stereocenters. The fourth-order valence-electron chi connectivity index (χ4n) is 7.42. The van der Waals surface area contributed by atoms with E-state index in [4.69, 9.17) is 19.1 Å². The lowest BCUT2D eigenvalue weighted by molar-refractivity contribution is 0.268. The van der Waals surface area contributed by atoms with Gasteiger partial charge in [-0.05, 0) is 58.2 Å². The normalized spacial score (nSPS) is 19.2. The molecule has 0 radical (unpaired) electrons. The number of para-hydroxylation sites is 1. The molecule has 1 N–H and O–H groups in total. The molecular formula is C45H31N3O2. The summed E-state index contributed by atoms with van der Waals surface area (Å²) in [5.41, 5.74) is 10.5. The number of benzene rings is 6. The minimum Gasteiger partial charge on any atom is -0.485 e. The Kier molecular flexibility index (Phi) is 6.62. The van der Waals surface area contributed by atoms with Crippen molar-refractivity contribution in [1.29, 1.82) is 0 Å². The molecule has 0 spiro atoms. The fourth-order valence-corrected chi connectivity index (χ4v) is 7.42. The van der Waals surface area contributed by atoms with Crippen molar-refractivity contribution in [3.8, 4) is 28.0 Å². The lowest BCUT2D eigenvalue weighted by Crippen LogP contribution is -2.40. The van der Waals surface area contributed by atoms with Crippen molar-refractivity contribution < 1.29 is 9.15 Å². The second kappa shape index (κ2) is 11.6. The van der Waals surface area contributed by atoms with Crippen molar-refractivity contribution in [2.75, 3.05) is 0 Å². The quantitative estimate of drug-likeness (QED) is 0.203. The first-order chi connectivity index (χ1) is 24.7. The van der Waals surface area contributed by atoms with Gasteiger partial charge in [0.05, 0.1) is 0 Å². The van der Waals surface area contributed by atoms with Crippen molar-refractivity contribution in [1.82, 2.24) is 5.32 Å². The van der Waals surface area contributed by atoms with Gasteiger partial charge in [-0.25, -0.2) is 9.98 Å². The Hall–Kier alpha value is -6.46. The number of aliphatic imine (C=N–C) groups is 2. The largest absolute Gasteiger partial charge is 0.485 e. The van der Waals surface area contributed by atoms with Crippen LogP contribution in [-0.4, -0.2) is 23.9 Å². The number of hydrogen-bond acceptors (Lipinski definition) is 5. The van der Waals surface area contributed by atoms with Crippen LogP contribution in [0.1, 0.15) is 22.6 Å². The molecule has 1 aliphatic carbocycles. The zero-order chi connectivity index (χ0) is 33.0. The van der Waals surface area contributed by atoms with Crippen molar-refractivity contribution in [3.63, 3.8) is 0 Å². The van der Waals surface area contributed by atoms with Gasteiger partial charge < -0.3 is 14.5 Å². The number of furan rings is 1. The number of nitrogens with zero attached hydrogens (tertiary/aromatic N) is 2. The molecule has 3 aliphatic rings. The van der Waals surface area contributed by atoms with E-state index in [-0.39, 0.29) is 18.2 Å². The Labute approximate surface area is 289 Å². The number of rotatable bonds is 5. The summed E-state index contributed by atoms with van der Waals surface area (Å²) in [6.07, 6.45) is 6.24. The Bertz CT molecular complexity index is 2540. The van der Waals surface area contributed by atoms with E-state index in [0.29, 0.717) is 5.84 Å². The van der Waals surface area contributed by atoms with Gasteiger partial charge in [-0.2, -0.15) is 0 Å². The summed E-state index contributed by atoms with van der Waals surface area (Å²) in [4.78, 5) is 10.5. The van der Waals surface area contributed by atoms with E-state index < -0.39 is 0 Å². The molecule has 7 aromatic rings. The highest BCUT2D eigenvalue weighted by Gasteiger charge is 2.35. The van der Waals surface area contributed by atoms with Gasteiger partial charge in [0.15, 0.2) is 5.84 Å². The van der Waals surface area contributed by atoms with Crippen LogP contribution in [0.15, 0.2) is 184 Å². The maximum Gasteiger partial charge on any atom is 0.160 e. The SMILES string of the molecule is C1=CC2Oc3ccccc3C2C=C1C1N=C(c2cccc3oc4ccc(-c5ccc(-c6ccccc6)cc5)cc4c23)N=C(c2ccccc2)N1.